The quantitative estimate of drug-likeness (QED) is 0.652. The Balaban J connectivity index is 2.22. The molecule has 0 saturated carbocycles. The van der Waals surface area contributed by atoms with Crippen molar-refractivity contribution in [1.29, 1.82) is 0 Å². The van der Waals surface area contributed by atoms with E-state index in [-0.39, 0.29) is 17.9 Å². The Kier molecular flexibility index (Phi) is 4.83. The Morgan fingerprint density at radius 1 is 0.900 bits per heavy atom. The lowest BCUT2D eigenvalue weighted by molar-refractivity contribution is 0.0553. The third-order valence-electron chi connectivity index (χ3n) is 4.94. The summed E-state index contributed by atoms with van der Waals surface area (Å²) >= 11 is 0. The summed E-state index contributed by atoms with van der Waals surface area (Å²) in [6, 6.07) is 10.1. The van der Waals surface area contributed by atoms with E-state index in [0.29, 0.717) is 39.1 Å². The molecule has 154 valence electrons. The number of hydrogen-bond donors (Lipinski definition) is 1. The van der Waals surface area contributed by atoms with Gasteiger partial charge in [-0.15, -0.1) is 0 Å². The Morgan fingerprint density at radius 3 is 2.20 bits per heavy atom. The number of aromatic hydroxyl groups is 1. The molecule has 4 rings (SSSR count). The Labute approximate surface area is 171 Å². The Hall–Kier alpha value is -3.94. The number of esters is 2. The zero-order valence-corrected chi connectivity index (χ0v) is 16.5. The molecule has 0 aliphatic carbocycles. The summed E-state index contributed by atoms with van der Waals surface area (Å²) in [6.07, 6.45) is 0. The van der Waals surface area contributed by atoms with Crippen LogP contribution in [0.5, 0.6) is 23.0 Å². The maximum Gasteiger partial charge on any atom is 0.342 e. The highest BCUT2D eigenvalue weighted by atomic mass is 16.7. The van der Waals surface area contributed by atoms with Crippen LogP contribution in [0.3, 0.4) is 0 Å². The van der Waals surface area contributed by atoms with Crippen LogP contribution >= 0.6 is 0 Å². The molecule has 0 saturated heterocycles. The standard InChI is InChI=1S/C22H18O8/c1-26-12-6-4-11(5-7-12)15-16-13(8-9-14-20(16)30-10-29-14)19(23)18(22(25)28-3)17(15)21(24)27-2/h4-9,23H,10H2,1-3H3. The number of carbonyl (C=O) groups is 2. The number of ether oxygens (including phenoxy) is 5. The molecule has 0 unspecified atom stereocenters. The fourth-order valence-electron chi connectivity index (χ4n) is 3.57. The first-order valence-corrected chi connectivity index (χ1v) is 8.94. The zero-order valence-electron chi connectivity index (χ0n) is 16.5. The molecule has 3 aromatic rings. The van der Waals surface area contributed by atoms with E-state index in [9.17, 15) is 14.7 Å². The van der Waals surface area contributed by atoms with Gasteiger partial charge in [0.25, 0.3) is 0 Å². The van der Waals surface area contributed by atoms with Gasteiger partial charge in [0.1, 0.15) is 17.1 Å². The normalized spacial score (nSPS) is 12.0. The van der Waals surface area contributed by atoms with Gasteiger partial charge in [-0.05, 0) is 29.8 Å². The van der Waals surface area contributed by atoms with Gasteiger partial charge in [-0.2, -0.15) is 0 Å². The topological polar surface area (TPSA) is 101 Å². The zero-order chi connectivity index (χ0) is 21.4. The van der Waals surface area contributed by atoms with Gasteiger partial charge < -0.3 is 28.8 Å². The molecule has 0 fully saturated rings. The molecule has 8 heteroatoms. The molecule has 0 aromatic heterocycles. The minimum absolute atomic E-state index is 0.0103. The van der Waals surface area contributed by atoms with Gasteiger partial charge in [-0.25, -0.2) is 9.59 Å². The summed E-state index contributed by atoms with van der Waals surface area (Å²) in [5.41, 5.74) is 0.500. The fraction of sp³-hybridized carbons (Fsp3) is 0.182. The van der Waals surface area contributed by atoms with Crippen LogP contribution in [-0.2, 0) is 9.47 Å². The average molecular weight is 410 g/mol. The number of fused-ring (bicyclic) bond motifs is 3. The Bertz CT molecular complexity index is 1160. The third-order valence-corrected chi connectivity index (χ3v) is 4.94. The van der Waals surface area contributed by atoms with E-state index < -0.39 is 17.7 Å². The molecule has 1 aliphatic heterocycles. The summed E-state index contributed by atoms with van der Waals surface area (Å²) < 4.78 is 26.1. The van der Waals surface area contributed by atoms with Crippen LogP contribution in [0.1, 0.15) is 20.7 Å². The summed E-state index contributed by atoms with van der Waals surface area (Å²) in [5, 5.41) is 11.7. The lowest BCUT2D eigenvalue weighted by atomic mass is 9.88. The molecule has 0 radical (unpaired) electrons. The second-order valence-electron chi connectivity index (χ2n) is 6.41. The first-order chi connectivity index (χ1) is 14.5. The largest absolute Gasteiger partial charge is 0.506 e. The highest BCUT2D eigenvalue weighted by Gasteiger charge is 2.33. The average Bonchev–Trinajstić information content (AvgIpc) is 3.27. The molecule has 1 aliphatic rings. The number of phenols is 1. The van der Waals surface area contributed by atoms with Crippen LogP contribution in [0.2, 0.25) is 0 Å². The highest BCUT2D eigenvalue weighted by Crippen LogP contribution is 2.50. The van der Waals surface area contributed by atoms with E-state index in [1.54, 1.807) is 36.4 Å². The lowest BCUT2D eigenvalue weighted by Gasteiger charge is -2.19. The van der Waals surface area contributed by atoms with Crippen molar-refractivity contribution >= 4 is 22.7 Å². The van der Waals surface area contributed by atoms with Gasteiger partial charge in [0.05, 0.1) is 26.9 Å². The van der Waals surface area contributed by atoms with Crippen molar-refractivity contribution < 1.29 is 38.4 Å². The van der Waals surface area contributed by atoms with Gasteiger partial charge in [0.15, 0.2) is 11.5 Å². The molecule has 1 N–H and O–H groups in total. The molecule has 0 amide bonds. The van der Waals surface area contributed by atoms with Gasteiger partial charge in [0, 0.05) is 16.3 Å². The molecular formula is C22H18O8. The summed E-state index contributed by atoms with van der Waals surface area (Å²) in [5.74, 6) is -0.669. The van der Waals surface area contributed by atoms with Gasteiger partial charge in [0.2, 0.25) is 6.79 Å². The van der Waals surface area contributed by atoms with E-state index in [0.717, 1.165) is 0 Å². The predicted octanol–water partition coefficient (Wildman–Crippen LogP) is 3.52. The van der Waals surface area contributed by atoms with Crippen LogP contribution in [0.15, 0.2) is 36.4 Å². The summed E-state index contributed by atoms with van der Waals surface area (Å²) in [6.45, 7) is -0.0103. The van der Waals surface area contributed by atoms with Crippen molar-refractivity contribution in [2.45, 2.75) is 0 Å². The minimum atomic E-state index is -0.873. The Morgan fingerprint density at radius 2 is 1.57 bits per heavy atom. The highest BCUT2D eigenvalue weighted by molar-refractivity contribution is 6.20. The van der Waals surface area contributed by atoms with Crippen LogP contribution in [0.25, 0.3) is 21.9 Å². The molecule has 8 nitrogen and oxygen atoms in total. The van der Waals surface area contributed by atoms with Crippen molar-refractivity contribution in [3.05, 3.63) is 47.5 Å². The fourth-order valence-corrected chi connectivity index (χ4v) is 3.57. The molecule has 0 atom stereocenters. The molecule has 0 bridgehead atoms. The number of hydrogen-bond acceptors (Lipinski definition) is 8. The molecule has 30 heavy (non-hydrogen) atoms. The van der Waals surface area contributed by atoms with Crippen molar-refractivity contribution in [1.82, 2.24) is 0 Å². The second-order valence-corrected chi connectivity index (χ2v) is 6.41. The van der Waals surface area contributed by atoms with E-state index in [4.69, 9.17) is 23.7 Å². The van der Waals surface area contributed by atoms with Crippen molar-refractivity contribution in [2.24, 2.45) is 0 Å². The van der Waals surface area contributed by atoms with E-state index in [1.807, 2.05) is 0 Å². The lowest BCUT2D eigenvalue weighted by Crippen LogP contribution is -2.14. The maximum absolute atomic E-state index is 12.8. The van der Waals surface area contributed by atoms with Crippen LogP contribution < -0.4 is 14.2 Å². The van der Waals surface area contributed by atoms with E-state index >= 15 is 0 Å². The van der Waals surface area contributed by atoms with E-state index in [1.165, 1.54) is 21.3 Å². The number of methoxy groups -OCH3 is 3. The summed E-state index contributed by atoms with van der Waals surface area (Å²) in [7, 11) is 3.90. The first-order valence-electron chi connectivity index (χ1n) is 8.94. The van der Waals surface area contributed by atoms with Crippen LogP contribution in [0, 0.1) is 0 Å². The number of phenolic OH excluding ortho intramolecular Hbond substituents is 1. The minimum Gasteiger partial charge on any atom is -0.506 e. The second kappa shape index (κ2) is 7.47. The van der Waals surface area contributed by atoms with Crippen molar-refractivity contribution in [3.63, 3.8) is 0 Å². The first kappa shape index (κ1) is 19.4. The smallest absolute Gasteiger partial charge is 0.342 e. The van der Waals surface area contributed by atoms with Crippen molar-refractivity contribution in [2.75, 3.05) is 28.1 Å². The van der Waals surface area contributed by atoms with E-state index in [2.05, 4.69) is 0 Å². The monoisotopic (exact) mass is 410 g/mol. The molecular weight excluding hydrogens is 392 g/mol. The van der Waals surface area contributed by atoms with Crippen LogP contribution in [-0.4, -0.2) is 45.2 Å². The van der Waals surface area contributed by atoms with Gasteiger partial charge in [-0.3, -0.25) is 0 Å². The predicted molar refractivity (Wildman–Crippen MR) is 106 cm³/mol. The van der Waals surface area contributed by atoms with Gasteiger partial charge in [-0.1, -0.05) is 12.1 Å². The third kappa shape index (κ3) is 2.85. The summed E-state index contributed by atoms with van der Waals surface area (Å²) in [4.78, 5) is 25.4. The number of rotatable bonds is 4. The maximum atomic E-state index is 12.8. The molecule has 0 spiro atoms. The SMILES string of the molecule is COC(=O)c1c(C(=O)OC)c(-c2ccc(OC)cc2)c2c3c(ccc2c1O)OCO3. The molecule has 3 aromatic carbocycles. The van der Waals surface area contributed by atoms with Crippen molar-refractivity contribution in [3.8, 4) is 34.1 Å². The number of carbonyl (C=O) groups excluding carboxylic acids is 2. The van der Waals surface area contributed by atoms with Crippen LogP contribution in [0.4, 0.5) is 0 Å². The van der Waals surface area contributed by atoms with Gasteiger partial charge >= 0.3 is 11.9 Å². The number of benzene rings is 3. The molecule has 1 heterocycles.